The van der Waals surface area contributed by atoms with E-state index in [1.807, 2.05) is 0 Å². The molecular formula is C67H120O5. The van der Waals surface area contributed by atoms with Crippen LogP contribution < -0.4 is 0 Å². The molecule has 0 aromatic carbocycles. The second kappa shape index (κ2) is 62.6. The summed E-state index contributed by atoms with van der Waals surface area (Å²) in [7, 11) is 0. The normalized spacial score (nSPS) is 12.7. The molecule has 0 saturated heterocycles. The van der Waals surface area contributed by atoms with E-state index in [1.54, 1.807) is 0 Å². The number of ether oxygens (including phenoxy) is 2. The van der Waals surface area contributed by atoms with Crippen LogP contribution in [0.2, 0.25) is 0 Å². The van der Waals surface area contributed by atoms with E-state index in [1.165, 1.54) is 205 Å². The van der Waals surface area contributed by atoms with E-state index in [2.05, 4.69) is 86.8 Å². The fourth-order valence-electron chi connectivity index (χ4n) is 9.33. The first-order valence-electron chi connectivity index (χ1n) is 31.5. The van der Waals surface area contributed by atoms with Crippen LogP contribution in [0.4, 0.5) is 0 Å². The molecule has 0 rings (SSSR count). The minimum absolute atomic E-state index is 0.0767. The predicted molar refractivity (Wildman–Crippen MR) is 316 cm³/mol. The van der Waals surface area contributed by atoms with Gasteiger partial charge in [0.2, 0.25) is 0 Å². The molecule has 1 unspecified atom stereocenters. The van der Waals surface area contributed by atoms with Crippen LogP contribution in [-0.4, -0.2) is 36.4 Å². The molecule has 0 aromatic heterocycles. The fourth-order valence-corrected chi connectivity index (χ4v) is 9.33. The molecule has 0 bridgehead atoms. The Morgan fingerprint density at radius 3 is 0.903 bits per heavy atom. The molecule has 418 valence electrons. The molecule has 0 saturated carbocycles. The second-order valence-electron chi connectivity index (χ2n) is 21.1. The van der Waals surface area contributed by atoms with Crippen molar-refractivity contribution >= 4 is 11.9 Å². The van der Waals surface area contributed by atoms with Gasteiger partial charge in [0.05, 0.1) is 6.61 Å². The second-order valence-corrected chi connectivity index (χ2v) is 21.1. The highest BCUT2D eigenvalue weighted by atomic mass is 16.6. The van der Waals surface area contributed by atoms with Gasteiger partial charge in [0.25, 0.3) is 0 Å². The number of rotatable bonds is 58. The largest absolute Gasteiger partial charge is 0.462 e. The summed E-state index contributed by atoms with van der Waals surface area (Å²) in [5, 5.41) is 9.66. The van der Waals surface area contributed by atoms with Crippen molar-refractivity contribution < 1.29 is 24.2 Å². The summed E-state index contributed by atoms with van der Waals surface area (Å²) in [6.45, 7) is 4.04. The number of carbonyl (C=O) groups is 2. The molecule has 0 aliphatic heterocycles. The average Bonchev–Trinajstić information content (AvgIpc) is 3.38. The Morgan fingerprint density at radius 1 is 0.333 bits per heavy atom. The maximum absolute atomic E-state index is 12.3. The summed E-state index contributed by atoms with van der Waals surface area (Å²) in [6, 6.07) is 0. The standard InChI is InChI=1S/C67H120O5/c1-3-5-7-9-11-13-15-17-19-21-23-25-27-28-29-30-31-32-33-34-35-36-37-38-40-41-43-45-47-49-51-53-55-57-59-61-66(69)71-64-65(63-68)72-67(70)62-60-58-56-54-52-50-48-46-44-42-39-26-24-22-20-18-16-14-12-10-8-6-4-2/h6,8,12,14,18,20,24,26,42,44,48,50,65,68H,3-5,7,9-11,13,15-17,19,21-23,25,27-41,43,45-47,49,51-64H2,1-2H3/b8-6-,14-12-,20-18-,26-24-,44-42-,50-48-. The van der Waals surface area contributed by atoms with Gasteiger partial charge in [-0.2, -0.15) is 0 Å². The molecule has 0 aliphatic rings. The first kappa shape index (κ1) is 69.3. The number of carbonyl (C=O) groups excluding carboxylic acids is 2. The molecule has 0 amide bonds. The maximum atomic E-state index is 12.3. The number of aliphatic hydroxyl groups is 1. The van der Waals surface area contributed by atoms with Crippen LogP contribution in [0.15, 0.2) is 72.9 Å². The third-order valence-corrected chi connectivity index (χ3v) is 14.0. The van der Waals surface area contributed by atoms with Gasteiger partial charge in [-0.15, -0.1) is 0 Å². The van der Waals surface area contributed by atoms with Gasteiger partial charge in [0.1, 0.15) is 6.61 Å². The van der Waals surface area contributed by atoms with Crippen molar-refractivity contribution in [1.82, 2.24) is 0 Å². The molecule has 1 atom stereocenters. The molecule has 0 radical (unpaired) electrons. The van der Waals surface area contributed by atoms with Crippen molar-refractivity contribution in [2.75, 3.05) is 13.2 Å². The maximum Gasteiger partial charge on any atom is 0.306 e. The minimum Gasteiger partial charge on any atom is -0.462 e. The molecule has 0 fully saturated rings. The van der Waals surface area contributed by atoms with Gasteiger partial charge >= 0.3 is 11.9 Å². The predicted octanol–water partition coefficient (Wildman–Crippen LogP) is 21.5. The molecular weight excluding hydrogens is 885 g/mol. The highest BCUT2D eigenvalue weighted by molar-refractivity contribution is 5.70. The van der Waals surface area contributed by atoms with Gasteiger partial charge in [0.15, 0.2) is 6.10 Å². The summed E-state index contributed by atoms with van der Waals surface area (Å²) < 4.78 is 10.7. The summed E-state index contributed by atoms with van der Waals surface area (Å²) in [6.07, 6.45) is 86.3. The Bertz CT molecular complexity index is 1270. The van der Waals surface area contributed by atoms with Gasteiger partial charge < -0.3 is 14.6 Å². The van der Waals surface area contributed by atoms with Crippen molar-refractivity contribution in [1.29, 1.82) is 0 Å². The van der Waals surface area contributed by atoms with Crippen molar-refractivity contribution in [3.05, 3.63) is 72.9 Å². The molecule has 0 spiro atoms. The number of hydrogen-bond acceptors (Lipinski definition) is 5. The number of aliphatic hydroxyl groups excluding tert-OH is 1. The average molecular weight is 1010 g/mol. The molecule has 5 nitrogen and oxygen atoms in total. The van der Waals surface area contributed by atoms with Crippen molar-refractivity contribution in [2.45, 2.75) is 328 Å². The summed E-state index contributed by atoms with van der Waals surface area (Å²) in [5.74, 6) is -0.610. The van der Waals surface area contributed by atoms with Gasteiger partial charge in [-0.3, -0.25) is 9.59 Å². The lowest BCUT2D eigenvalue weighted by atomic mass is 10.0. The molecule has 72 heavy (non-hydrogen) atoms. The van der Waals surface area contributed by atoms with E-state index < -0.39 is 6.10 Å². The van der Waals surface area contributed by atoms with E-state index in [0.29, 0.717) is 12.8 Å². The Balaban J connectivity index is 3.45. The van der Waals surface area contributed by atoms with Gasteiger partial charge in [-0.1, -0.05) is 318 Å². The first-order chi connectivity index (χ1) is 35.6. The van der Waals surface area contributed by atoms with Crippen LogP contribution in [0, 0.1) is 0 Å². The van der Waals surface area contributed by atoms with E-state index >= 15 is 0 Å². The Labute approximate surface area is 448 Å². The van der Waals surface area contributed by atoms with Gasteiger partial charge in [-0.25, -0.2) is 0 Å². The van der Waals surface area contributed by atoms with Gasteiger partial charge in [0, 0.05) is 12.8 Å². The summed E-state index contributed by atoms with van der Waals surface area (Å²) >= 11 is 0. The number of allylic oxidation sites excluding steroid dienone is 12. The molecule has 5 heteroatoms. The molecule has 0 aliphatic carbocycles. The van der Waals surface area contributed by atoms with Crippen molar-refractivity contribution in [3.8, 4) is 0 Å². The Hall–Kier alpha value is -2.66. The van der Waals surface area contributed by atoms with Gasteiger partial charge in [-0.05, 0) is 64.2 Å². The third kappa shape index (κ3) is 59.9. The highest BCUT2D eigenvalue weighted by Gasteiger charge is 2.16. The third-order valence-electron chi connectivity index (χ3n) is 14.0. The quantitative estimate of drug-likeness (QED) is 0.0373. The summed E-state index contributed by atoms with van der Waals surface area (Å²) in [5.41, 5.74) is 0. The Kier molecular flexibility index (Phi) is 60.3. The van der Waals surface area contributed by atoms with E-state index in [-0.39, 0.29) is 25.2 Å². The molecule has 0 heterocycles. The van der Waals surface area contributed by atoms with Crippen LogP contribution in [0.3, 0.4) is 0 Å². The van der Waals surface area contributed by atoms with Crippen LogP contribution in [0.5, 0.6) is 0 Å². The number of unbranched alkanes of at least 4 members (excludes halogenated alkanes) is 38. The number of hydrogen-bond donors (Lipinski definition) is 1. The van der Waals surface area contributed by atoms with Crippen LogP contribution >= 0.6 is 0 Å². The minimum atomic E-state index is -0.789. The molecule has 1 N–H and O–H groups in total. The zero-order chi connectivity index (χ0) is 52.0. The topological polar surface area (TPSA) is 72.8 Å². The van der Waals surface area contributed by atoms with E-state index in [4.69, 9.17) is 9.47 Å². The lowest BCUT2D eigenvalue weighted by Gasteiger charge is -2.15. The van der Waals surface area contributed by atoms with Crippen molar-refractivity contribution in [2.24, 2.45) is 0 Å². The van der Waals surface area contributed by atoms with E-state index in [9.17, 15) is 14.7 Å². The number of esters is 2. The summed E-state index contributed by atoms with van der Waals surface area (Å²) in [4.78, 5) is 24.6. The monoisotopic (exact) mass is 1000 g/mol. The zero-order valence-corrected chi connectivity index (χ0v) is 47.9. The smallest absolute Gasteiger partial charge is 0.306 e. The van der Waals surface area contributed by atoms with Crippen LogP contribution in [0.25, 0.3) is 0 Å². The highest BCUT2D eigenvalue weighted by Crippen LogP contribution is 2.18. The fraction of sp³-hybridized carbons (Fsp3) is 0.791. The molecule has 0 aromatic rings. The van der Waals surface area contributed by atoms with Crippen molar-refractivity contribution in [3.63, 3.8) is 0 Å². The zero-order valence-electron chi connectivity index (χ0n) is 47.9. The SMILES string of the molecule is CC/C=C\C/C=C\C/C=C\C/C=C\C/C=C\C/C=C\CCCCCCC(=O)OC(CO)COC(=O)CCCCCCCCCCCCCCCCCCCCCCCCCCCCCCCCCCCCC. The van der Waals surface area contributed by atoms with E-state index in [0.717, 1.165) is 89.9 Å². The van der Waals surface area contributed by atoms with Crippen LogP contribution in [0.1, 0.15) is 322 Å². The lowest BCUT2D eigenvalue weighted by Crippen LogP contribution is -2.28. The lowest BCUT2D eigenvalue weighted by molar-refractivity contribution is -0.161. The first-order valence-corrected chi connectivity index (χ1v) is 31.5. The Morgan fingerprint density at radius 2 is 0.597 bits per heavy atom. The van der Waals surface area contributed by atoms with Crippen LogP contribution in [-0.2, 0) is 19.1 Å².